The molecule has 0 saturated carbocycles. The van der Waals surface area contributed by atoms with E-state index in [0.29, 0.717) is 95.0 Å². The van der Waals surface area contributed by atoms with Crippen LogP contribution >= 0.6 is 0 Å². The molecular formula is C44H59F6N13O6. The molecule has 2 aliphatic rings. The van der Waals surface area contributed by atoms with Gasteiger partial charge in [-0.2, -0.15) is 26.3 Å². The molecule has 0 aromatic heterocycles. The number of benzene rings is 3. The van der Waals surface area contributed by atoms with E-state index in [9.17, 15) is 45.5 Å². The molecule has 3 aromatic carbocycles. The highest BCUT2D eigenvalue weighted by molar-refractivity contribution is 6.03. The van der Waals surface area contributed by atoms with Crippen LogP contribution in [0.4, 0.5) is 65.3 Å². The molecule has 5 amide bonds. The number of ether oxygens (including phenoxy) is 2. The number of rotatable bonds is 19. The number of anilines is 6. The van der Waals surface area contributed by atoms with Crippen LogP contribution < -0.4 is 69.6 Å². The summed E-state index contributed by atoms with van der Waals surface area (Å²) in [5, 5.41) is 18.6. The van der Waals surface area contributed by atoms with Crippen molar-refractivity contribution in [2.24, 2.45) is 27.2 Å². The summed E-state index contributed by atoms with van der Waals surface area (Å²) >= 11 is 0. The SMILES string of the molecule is CC(=O)Nc1cc(C(F)(F)F)cc(NC(=O)CCCCN=C(C)N)c1OC1CCNC1.NC(N)=NCCCCC(=O)Nc1cc(C(F)(F)F)cc(NC(=O)Nc2ccc(N)cc2)c1OC1CCNC1. The fourth-order valence-electron chi connectivity index (χ4n) is 6.73. The summed E-state index contributed by atoms with van der Waals surface area (Å²) in [4.78, 5) is 57.1. The van der Waals surface area contributed by atoms with Crippen molar-refractivity contribution in [1.82, 2.24) is 10.6 Å². The zero-order chi connectivity index (χ0) is 50.7. The molecule has 0 aliphatic carbocycles. The van der Waals surface area contributed by atoms with Crippen LogP contribution in [0, 0.1) is 0 Å². The minimum absolute atomic E-state index is 0.00797. The summed E-state index contributed by atoms with van der Waals surface area (Å²) in [6.45, 7) is 5.95. The van der Waals surface area contributed by atoms with Gasteiger partial charge in [-0.25, -0.2) is 4.79 Å². The Labute approximate surface area is 394 Å². The molecule has 0 radical (unpaired) electrons. The number of nitrogens with one attached hydrogen (secondary N) is 7. The van der Waals surface area contributed by atoms with Gasteiger partial charge in [0.1, 0.15) is 12.2 Å². The predicted molar refractivity (Wildman–Crippen MR) is 252 cm³/mol. The summed E-state index contributed by atoms with van der Waals surface area (Å²) in [7, 11) is 0. The number of halogens is 6. The first-order valence-electron chi connectivity index (χ1n) is 21.9. The summed E-state index contributed by atoms with van der Waals surface area (Å²) in [5.41, 5.74) is 19.7. The van der Waals surface area contributed by atoms with Gasteiger partial charge >= 0.3 is 18.4 Å². The lowest BCUT2D eigenvalue weighted by molar-refractivity contribution is -0.138. The van der Waals surface area contributed by atoms with Gasteiger partial charge in [-0.1, -0.05) is 0 Å². The molecule has 15 N–H and O–H groups in total. The summed E-state index contributed by atoms with van der Waals surface area (Å²) in [5.74, 6) is -1.23. The van der Waals surface area contributed by atoms with Crippen molar-refractivity contribution >= 4 is 69.7 Å². The highest BCUT2D eigenvalue weighted by atomic mass is 19.4. The quantitative estimate of drug-likeness (QED) is 0.0219. The van der Waals surface area contributed by atoms with Crippen molar-refractivity contribution < 1.29 is 55.0 Å². The van der Waals surface area contributed by atoms with Crippen LogP contribution in [0.5, 0.6) is 11.5 Å². The molecule has 2 unspecified atom stereocenters. The van der Waals surface area contributed by atoms with Gasteiger partial charge in [0.2, 0.25) is 17.7 Å². The average Bonchev–Trinajstić information content (AvgIpc) is 3.98. The monoisotopic (exact) mass is 979 g/mol. The molecule has 19 nitrogen and oxygen atoms in total. The number of guanidine groups is 1. The predicted octanol–water partition coefficient (Wildman–Crippen LogP) is 5.94. The number of carbonyl (C=O) groups is 4. The van der Waals surface area contributed by atoms with Gasteiger partial charge in [0.05, 0.1) is 39.7 Å². The van der Waals surface area contributed by atoms with Crippen LogP contribution in [-0.4, -0.2) is 87.0 Å². The second kappa shape index (κ2) is 25.9. The van der Waals surface area contributed by atoms with Crippen molar-refractivity contribution in [3.05, 3.63) is 59.7 Å². The van der Waals surface area contributed by atoms with Crippen molar-refractivity contribution in [2.45, 2.75) is 89.8 Å². The fraction of sp³-hybridized carbons (Fsp3) is 0.455. The van der Waals surface area contributed by atoms with E-state index in [1.54, 1.807) is 31.2 Å². The molecule has 25 heteroatoms. The number of nitrogens with two attached hydrogens (primary N) is 4. The number of alkyl halides is 6. The maximum Gasteiger partial charge on any atom is 0.416 e. The number of nitrogens with zero attached hydrogens (tertiary/aromatic N) is 2. The number of urea groups is 1. The molecule has 3 aromatic rings. The van der Waals surface area contributed by atoms with Gasteiger partial charge in [-0.05, 0) is 107 Å². The van der Waals surface area contributed by atoms with Crippen LogP contribution in [0.2, 0.25) is 0 Å². The second-order valence-corrected chi connectivity index (χ2v) is 16.0. The number of unbranched alkanes of at least 4 members (excludes halogenated alkanes) is 2. The lowest BCUT2D eigenvalue weighted by Crippen LogP contribution is -2.25. The molecule has 2 fully saturated rings. The van der Waals surface area contributed by atoms with Crippen LogP contribution in [0.15, 0.2) is 58.5 Å². The first kappa shape index (κ1) is 54.6. The Bertz CT molecular complexity index is 2270. The van der Waals surface area contributed by atoms with E-state index in [4.69, 9.17) is 32.4 Å². The number of hydrogen-bond donors (Lipinski definition) is 11. The molecule has 378 valence electrons. The van der Waals surface area contributed by atoms with Crippen LogP contribution in [0.25, 0.3) is 0 Å². The van der Waals surface area contributed by atoms with Gasteiger partial charge in [-0.3, -0.25) is 24.4 Å². The zero-order valence-corrected chi connectivity index (χ0v) is 38.1. The molecule has 2 aliphatic heterocycles. The van der Waals surface area contributed by atoms with Gasteiger partial charge in [0, 0.05) is 57.3 Å². The lowest BCUT2D eigenvalue weighted by Gasteiger charge is -2.22. The Kier molecular flexibility index (Phi) is 20.5. The highest BCUT2D eigenvalue weighted by Gasteiger charge is 2.35. The average molecular weight is 980 g/mol. The third kappa shape index (κ3) is 19.2. The van der Waals surface area contributed by atoms with E-state index in [2.05, 4.69) is 47.2 Å². The van der Waals surface area contributed by atoms with Crippen LogP contribution in [0.3, 0.4) is 0 Å². The van der Waals surface area contributed by atoms with Crippen molar-refractivity contribution in [3.63, 3.8) is 0 Å². The van der Waals surface area contributed by atoms with E-state index in [1.807, 2.05) is 0 Å². The van der Waals surface area contributed by atoms with Gasteiger partial charge < -0.3 is 69.6 Å². The Morgan fingerprint density at radius 1 is 0.638 bits per heavy atom. The largest absolute Gasteiger partial charge is 0.485 e. The summed E-state index contributed by atoms with van der Waals surface area (Å²) in [6, 6.07) is 8.59. The van der Waals surface area contributed by atoms with Crippen LogP contribution in [-0.2, 0) is 26.7 Å². The zero-order valence-electron chi connectivity index (χ0n) is 38.1. The third-order valence-corrected chi connectivity index (χ3v) is 9.99. The number of carbonyl (C=O) groups excluding carboxylic acids is 4. The Balaban J connectivity index is 0.000000307. The molecule has 0 spiro atoms. The summed E-state index contributed by atoms with van der Waals surface area (Å²) < 4.78 is 93.4. The van der Waals surface area contributed by atoms with E-state index < -0.39 is 47.2 Å². The molecule has 69 heavy (non-hydrogen) atoms. The Morgan fingerprint density at radius 2 is 1.07 bits per heavy atom. The number of amides is 5. The van der Waals surface area contributed by atoms with E-state index in [1.165, 1.54) is 6.92 Å². The maximum absolute atomic E-state index is 13.8. The van der Waals surface area contributed by atoms with E-state index in [-0.39, 0.29) is 65.3 Å². The summed E-state index contributed by atoms with van der Waals surface area (Å²) in [6.07, 6.45) is -6.74. The number of amidine groups is 1. The second-order valence-electron chi connectivity index (χ2n) is 16.0. The Hall–Kier alpha value is -7.02. The molecule has 5 rings (SSSR count). The van der Waals surface area contributed by atoms with Gasteiger partial charge in [0.15, 0.2) is 17.5 Å². The molecular weight excluding hydrogens is 921 g/mol. The van der Waals surface area contributed by atoms with Crippen molar-refractivity contribution in [1.29, 1.82) is 0 Å². The smallest absolute Gasteiger partial charge is 0.416 e. The van der Waals surface area contributed by atoms with Gasteiger partial charge in [-0.15, -0.1) is 0 Å². The van der Waals surface area contributed by atoms with E-state index >= 15 is 0 Å². The highest BCUT2D eigenvalue weighted by Crippen LogP contribution is 2.43. The van der Waals surface area contributed by atoms with Crippen molar-refractivity contribution in [3.8, 4) is 11.5 Å². The topological polar surface area (TPSA) is 300 Å². The first-order valence-corrected chi connectivity index (χ1v) is 21.9. The third-order valence-electron chi connectivity index (χ3n) is 9.99. The van der Waals surface area contributed by atoms with Crippen LogP contribution in [0.1, 0.15) is 76.3 Å². The standard InChI is InChI=1S/C24H31F3N8O3.C20H28F3N5O3/c25-24(26,27)14-11-18(34-20(36)3-1-2-9-32-22(29)30)21(38-17-8-10-31-13-17)19(12-14)35-23(37)33-16-6-4-15(28)5-7-16;1-12(24)26-7-4-3-5-18(30)28-17-10-14(20(21,22)23)9-16(27-13(2)29)19(17)31-15-6-8-25-11-15/h4-7,11-12,17,31H,1-3,8-10,13,28H2,(H,34,36)(H4,29,30,32)(H2,33,35,37);9-10,15,25H,3-8,11H2,1-2H3,(H2,24,26)(H,27,29)(H,28,30). The lowest BCUT2D eigenvalue weighted by atomic mass is 10.1. The minimum atomic E-state index is -4.75. The minimum Gasteiger partial charge on any atom is -0.485 e. The number of aliphatic imine (C=N–C) groups is 2. The number of hydrogen-bond acceptors (Lipinski definition) is 11. The Morgan fingerprint density at radius 3 is 1.46 bits per heavy atom. The normalized spacial score (nSPS) is 15.8. The molecule has 0 bridgehead atoms. The maximum atomic E-state index is 13.8. The van der Waals surface area contributed by atoms with E-state index in [0.717, 1.165) is 24.3 Å². The van der Waals surface area contributed by atoms with Gasteiger partial charge in [0.25, 0.3) is 0 Å². The van der Waals surface area contributed by atoms with Crippen molar-refractivity contribution in [2.75, 3.05) is 71.6 Å². The molecule has 2 heterocycles. The first-order chi connectivity index (χ1) is 32.6. The fourth-order valence-corrected chi connectivity index (χ4v) is 6.73. The number of nitrogen functional groups attached to an aromatic ring is 1. The molecule has 2 saturated heterocycles. The molecule has 2 atom stereocenters.